The van der Waals surface area contributed by atoms with Crippen molar-refractivity contribution in [2.24, 2.45) is 5.92 Å². The van der Waals surface area contributed by atoms with E-state index in [4.69, 9.17) is 4.74 Å². The molecule has 0 atom stereocenters. The Morgan fingerprint density at radius 3 is 2.80 bits per heavy atom. The van der Waals surface area contributed by atoms with Crippen molar-refractivity contribution in [1.29, 1.82) is 0 Å². The predicted octanol–water partition coefficient (Wildman–Crippen LogP) is 3.48. The molecule has 0 unspecified atom stereocenters. The molecule has 0 aliphatic carbocycles. The second-order valence-electron chi connectivity index (χ2n) is 5.20. The second-order valence-corrected chi connectivity index (χ2v) is 6.11. The Morgan fingerprint density at radius 2 is 2.15 bits per heavy atom. The molecule has 1 aliphatic heterocycles. The molecule has 1 heterocycles. The molecule has 5 heteroatoms. The van der Waals surface area contributed by atoms with Crippen LogP contribution in [0.25, 0.3) is 0 Å². The van der Waals surface area contributed by atoms with Crippen molar-refractivity contribution in [3.63, 3.8) is 0 Å². The summed E-state index contributed by atoms with van der Waals surface area (Å²) in [6, 6.07) is 4.52. The van der Waals surface area contributed by atoms with Gasteiger partial charge < -0.3 is 9.64 Å². The average molecular weight is 344 g/mol. The van der Waals surface area contributed by atoms with Crippen molar-refractivity contribution < 1.29 is 13.9 Å². The maximum Gasteiger partial charge on any atom is 0.256 e. The van der Waals surface area contributed by atoms with Crippen LogP contribution in [0.5, 0.6) is 0 Å². The van der Waals surface area contributed by atoms with Gasteiger partial charge in [0.1, 0.15) is 5.82 Å². The maximum absolute atomic E-state index is 13.8. The van der Waals surface area contributed by atoms with Gasteiger partial charge in [0.2, 0.25) is 0 Å². The lowest BCUT2D eigenvalue weighted by molar-refractivity contribution is 0.0582. The molecule has 1 saturated heterocycles. The molecule has 20 heavy (non-hydrogen) atoms. The van der Waals surface area contributed by atoms with Crippen molar-refractivity contribution in [2.45, 2.75) is 19.3 Å². The zero-order valence-corrected chi connectivity index (χ0v) is 13.2. The third-order valence-corrected chi connectivity index (χ3v) is 4.22. The Labute approximate surface area is 127 Å². The van der Waals surface area contributed by atoms with Crippen LogP contribution in [0.3, 0.4) is 0 Å². The predicted molar refractivity (Wildman–Crippen MR) is 79.2 cm³/mol. The van der Waals surface area contributed by atoms with E-state index < -0.39 is 5.82 Å². The standard InChI is InChI=1S/C15H19BrFNO2/c1-18(7-4-11-5-8-20-9-6-11)15(19)13-3-2-12(16)10-14(13)17/h2-3,10-11H,4-9H2,1H3. The monoisotopic (exact) mass is 343 g/mol. The Kier molecular flexibility index (Phi) is 5.54. The second kappa shape index (κ2) is 7.18. The molecule has 1 aromatic carbocycles. The fourth-order valence-electron chi connectivity index (χ4n) is 2.38. The summed E-state index contributed by atoms with van der Waals surface area (Å²) in [5.41, 5.74) is 0.127. The van der Waals surface area contributed by atoms with Crippen molar-refractivity contribution >= 4 is 21.8 Å². The zero-order valence-electron chi connectivity index (χ0n) is 11.6. The number of hydrogen-bond donors (Lipinski definition) is 0. The number of rotatable bonds is 4. The van der Waals surface area contributed by atoms with Crippen LogP contribution in [-0.4, -0.2) is 37.6 Å². The van der Waals surface area contributed by atoms with Gasteiger partial charge in [-0.2, -0.15) is 0 Å². The highest BCUT2D eigenvalue weighted by Gasteiger charge is 2.19. The smallest absolute Gasteiger partial charge is 0.256 e. The molecule has 0 spiro atoms. The van der Waals surface area contributed by atoms with Gasteiger partial charge in [0.25, 0.3) is 5.91 Å². The largest absolute Gasteiger partial charge is 0.381 e. The number of halogens is 2. The molecule has 1 aliphatic rings. The minimum absolute atomic E-state index is 0.127. The van der Waals surface area contributed by atoms with Crippen LogP contribution in [-0.2, 0) is 4.74 Å². The molecule has 110 valence electrons. The van der Waals surface area contributed by atoms with E-state index in [-0.39, 0.29) is 11.5 Å². The number of amides is 1. The van der Waals surface area contributed by atoms with E-state index >= 15 is 0 Å². The highest BCUT2D eigenvalue weighted by molar-refractivity contribution is 9.10. The van der Waals surface area contributed by atoms with E-state index in [1.54, 1.807) is 18.0 Å². The van der Waals surface area contributed by atoms with Gasteiger partial charge in [-0.15, -0.1) is 0 Å². The van der Waals surface area contributed by atoms with E-state index in [2.05, 4.69) is 15.9 Å². The normalized spacial score (nSPS) is 16.1. The summed E-state index contributed by atoms with van der Waals surface area (Å²) in [6.07, 6.45) is 3.05. The van der Waals surface area contributed by atoms with Crippen LogP contribution < -0.4 is 0 Å². The molecule has 3 nitrogen and oxygen atoms in total. The molecule has 0 radical (unpaired) electrons. The summed E-state index contributed by atoms with van der Waals surface area (Å²) < 4.78 is 19.7. The van der Waals surface area contributed by atoms with Crippen molar-refractivity contribution in [3.05, 3.63) is 34.1 Å². The minimum atomic E-state index is -0.484. The van der Waals surface area contributed by atoms with E-state index in [0.29, 0.717) is 16.9 Å². The topological polar surface area (TPSA) is 29.5 Å². The molecule has 0 bridgehead atoms. The molecular weight excluding hydrogens is 325 g/mol. The van der Waals surface area contributed by atoms with Crippen molar-refractivity contribution in [1.82, 2.24) is 4.90 Å². The first kappa shape index (κ1) is 15.4. The summed E-state index contributed by atoms with van der Waals surface area (Å²) in [4.78, 5) is 13.8. The zero-order chi connectivity index (χ0) is 14.5. The van der Waals surface area contributed by atoms with Crippen molar-refractivity contribution in [3.8, 4) is 0 Å². The SMILES string of the molecule is CN(CCC1CCOCC1)C(=O)c1ccc(Br)cc1F. The lowest BCUT2D eigenvalue weighted by Gasteiger charge is -2.25. The van der Waals surface area contributed by atoms with Gasteiger partial charge in [0, 0.05) is 31.3 Å². The highest BCUT2D eigenvalue weighted by Crippen LogP contribution is 2.20. The van der Waals surface area contributed by atoms with Crippen LogP contribution >= 0.6 is 15.9 Å². The quantitative estimate of drug-likeness (QED) is 0.837. The summed E-state index contributed by atoms with van der Waals surface area (Å²) in [7, 11) is 1.73. The Bertz CT molecular complexity index is 475. The van der Waals surface area contributed by atoms with Gasteiger partial charge in [-0.05, 0) is 43.4 Å². The van der Waals surface area contributed by atoms with Crippen LogP contribution in [0.4, 0.5) is 4.39 Å². The first-order valence-corrected chi connectivity index (χ1v) is 7.65. The van der Waals surface area contributed by atoms with E-state index in [9.17, 15) is 9.18 Å². The van der Waals surface area contributed by atoms with Crippen molar-refractivity contribution in [2.75, 3.05) is 26.8 Å². The van der Waals surface area contributed by atoms with Gasteiger partial charge >= 0.3 is 0 Å². The molecule has 0 N–H and O–H groups in total. The van der Waals surface area contributed by atoms with E-state index in [0.717, 1.165) is 32.5 Å². The number of nitrogens with zero attached hydrogens (tertiary/aromatic N) is 1. The van der Waals surface area contributed by atoms with E-state index in [1.807, 2.05) is 0 Å². The summed E-state index contributed by atoms with van der Waals surface area (Å²) in [6.45, 7) is 2.27. The fourth-order valence-corrected chi connectivity index (χ4v) is 2.71. The first-order chi connectivity index (χ1) is 9.58. The third-order valence-electron chi connectivity index (χ3n) is 3.72. The van der Waals surface area contributed by atoms with Gasteiger partial charge in [-0.25, -0.2) is 4.39 Å². The van der Waals surface area contributed by atoms with Crippen LogP contribution in [0.2, 0.25) is 0 Å². The number of carbonyl (C=O) groups excluding carboxylic acids is 1. The van der Waals surface area contributed by atoms with Crippen LogP contribution in [0, 0.1) is 11.7 Å². The fraction of sp³-hybridized carbons (Fsp3) is 0.533. The molecular formula is C15H19BrFNO2. The van der Waals surface area contributed by atoms with Gasteiger partial charge in [0.15, 0.2) is 0 Å². The Balaban J connectivity index is 1.90. The third kappa shape index (κ3) is 4.03. The number of benzene rings is 1. The lowest BCUT2D eigenvalue weighted by atomic mass is 9.96. The molecule has 1 fully saturated rings. The van der Waals surface area contributed by atoms with Gasteiger partial charge in [-0.3, -0.25) is 4.79 Å². The van der Waals surface area contributed by atoms with Crippen LogP contribution in [0.1, 0.15) is 29.6 Å². The molecule has 1 aromatic rings. The first-order valence-electron chi connectivity index (χ1n) is 6.86. The van der Waals surface area contributed by atoms with Gasteiger partial charge in [0.05, 0.1) is 5.56 Å². The summed E-state index contributed by atoms with van der Waals surface area (Å²) in [5.74, 6) is -0.141. The lowest BCUT2D eigenvalue weighted by Crippen LogP contribution is -2.30. The molecule has 2 rings (SSSR count). The number of carbonyl (C=O) groups is 1. The number of hydrogen-bond acceptors (Lipinski definition) is 2. The molecule has 0 saturated carbocycles. The van der Waals surface area contributed by atoms with Crippen LogP contribution in [0.15, 0.2) is 22.7 Å². The Hall–Kier alpha value is -0.940. The highest BCUT2D eigenvalue weighted by atomic mass is 79.9. The summed E-state index contributed by atoms with van der Waals surface area (Å²) >= 11 is 3.19. The number of ether oxygens (including phenoxy) is 1. The molecule has 0 aromatic heterocycles. The molecule has 1 amide bonds. The maximum atomic E-state index is 13.8. The van der Waals surface area contributed by atoms with E-state index in [1.165, 1.54) is 12.1 Å². The Morgan fingerprint density at radius 1 is 1.45 bits per heavy atom. The van der Waals surface area contributed by atoms with Gasteiger partial charge in [-0.1, -0.05) is 15.9 Å². The summed E-state index contributed by atoms with van der Waals surface area (Å²) in [5, 5.41) is 0. The average Bonchev–Trinajstić information content (AvgIpc) is 2.45. The minimum Gasteiger partial charge on any atom is -0.381 e.